The molecule has 0 aromatic heterocycles. The van der Waals surface area contributed by atoms with Gasteiger partial charge in [-0.2, -0.15) is 26.3 Å². The molecule has 0 amide bonds. The fraction of sp³-hybridized carbons (Fsp3) is 0.571. The van der Waals surface area contributed by atoms with Gasteiger partial charge < -0.3 is 5.73 Å². The Balaban J connectivity index is 3.20. The van der Waals surface area contributed by atoms with Gasteiger partial charge in [0.2, 0.25) is 0 Å². The molecule has 0 heterocycles. The molecule has 0 fully saturated rings. The summed E-state index contributed by atoms with van der Waals surface area (Å²) >= 11 is 0. The lowest BCUT2D eigenvalue weighted by Gasteiger charge is -2.20. The van der Waals surface area contributed by atoms with Crippen molar-refractivity contribution in [2.45, 2.75) is 45.1 Å². The van der Waals surface area contributed by atoms with E-state index in [1.165, 1.54) is 0 Å². The van der Waals surface area contributed by atoms with E-state index >= 15 is 0 Å². The van der Waals surface area contributed by atoms with Crippen molar-refractivity contribution in [1.82, 2.24) is 0 Å². The lowest BCUT2D eigenvalue weighted by molar-refractivity contribution is -0.143. The third-order valence-corrected chi connectivity index (χ3v) is 3.14. The number of hydrogen-bond donors (Lipinski definition) is 1. The second-order valence-corrected chi connectivity index (χ2v) is 5.38. The molecule has 0 bridgehead atoms. The number of nitrogens with two attached hydrogens (primary N) is 1. The highest BCUT2D eigenvalue weighted by atomic mass is 19.4. The highest BCUT2D eigenvalue weighted by Crippen LogP contribution is 2.39. The van der Waals surface area contributed by atoms with Crippen molar-refractivity contribution >= 4 is 0 Å². The van der Waals surface area contributed by atoms with Gasteiger partial charge in [-0.05, 0) is 36.5 Å². The Morgan fingerprint density at radius 1 is 0.952 bits per heavy atom. The Morgan fingerprint density at radius 3 is 1.95 bits per heavy atom. The van der Waals surface area contributed by atoms with Crippen LogP contribution in [0.2, 0.25) is 0 Å². The smallest absolute Gasteiger partial charge is 0.324 e. The fourth-order valence-corrected chi connectivity index (χ4v) is 1.97. The first-order valence-corrected chi connectivity index (χ1v) is 6.47. The Morgan fingerprint density at radius 2 is 1.52 bits per heavy atom. The van der Waals surface area contributed by atoms with Crippen LogP contribution in [-0.2, 0) is 12.4 Å². The maximum atomic E-state index is 13.0. The monoisotopic (exact) mass is 313 g/mol. The lowest BCUT2D eigenvalue weighted by Crippen LogP contribution is -2.19. The van der Waals surface area contributed by atoms with Crippen LogP contribution >= 0.6 is 0 Å². The zero-order valence-electron chi connectivity index (χ0n) is 11.6. The van der Waals surface area contributed by atoms with Crippen molar-refractivity contribution in [3.8, 4) is 0 Å². The van der Waals surface area contributed by atoms with Crippen LogP contribution in [0.25, 0.3) is 0 Å². The molecule has 0 aliphatic rings. The largest absolute Gasteiger partial charge is 0.416 e. The van der Waals surface area contributed by atoms with Crippen molar-refractivity contribution < 1.29 is 26.3 Å². The molecule has 0 aliphatic carbocycles. The third-order valence-electron chi connectivity index (χ3n) is 3.14. The van der Waals surface area contributed by atoms with Crippen LogP contribution in [-0.4, -0.2) is 0 Å². The van der Waals surface area contributed by atoms with Gasteiger partial charge >= 0.3 is 12.4 Å². The quantitative estimate of drug-likeness (QED) is 0.763. The van der Waals surface area contributed by atoms with E-state index in [4.69, 9.17) is 5.73 Å². The van der Waals surface area contributed by atoms with Gasteiger partial charge in [0.1, 0.15) is 0 Å². The molecule has 0 unspecified atom stereocenters. The summed E-state index contributed by atoms with van der Waals surface area (Å²) in [6.45, 7) is 3.79. The summed E-state index contributed by atoms with van der Waals surface area (Å²) in [5.41, 5.74) is 2.79. The summed E-state index contributed by atoms with van der Waals surface area (Å²) in [5.74, 6) is 0.250. The van der Waals surface area contributed by atoms with E-state index in [0.717, 1.165) is 6.07 Å². The zero-order valence-corrected chi connectivity index (χ0v) is 11.6. The van der Waals surface area contributed by atoms with Gasteiger partial charge in [-0.1, -0.05) is 19.9 Å². The van der Waals surface area contributed by atoms with Gasteiger partial charge in [-0.3, -0.25) is 0 Å². The maximum absolute atomic E-state index is 13.0. The average molecular weight is 313 g/mol. The van der Waals surface area contributed by atoms with Gasteiger partial charge in [0, 0.05) is 6.04 Å². The molecule has 7 heteroatoms. The highest BCUT2D eigenvalue weighted by Gasteiger charge is 2.38. The molecule has 1 aromatic rings. The van der Waals surface area contributed by atoms with E-state index < -0.39 is 29.5 Å². The summed E-state index contributed by atoms with van der Waals surface area (Å²) in [7, 11) is 0. The molecule has 0 spiro atoms. The Labute approximate surface area is 119 Å². The minimum atomic E-state index is -4.87. The van der Waals surface area contributed by atoms with E-state index in [1.54, 1.807) is 0 Å². The normalized spacial score (nSPS) is 14.6. The predicted octanol–water partition coefficient (Wildman–Crippen LogP) is 5.16. The SMILES string of the molecule is CC(C)CC[C@H](N)c1ccc(C(F)(F)F)cc1C(F)(F)F. The van der Waals surface area contributed by atoms with E-state index in [9.17, 15) is 26.3 Å². The van der Waals surface area contributed by atoms with Gasteiger partial charge in [0.25, 0.3) is 0 Å². The maximum Gasteiger partial charge on any atom is 0.416 e. The van der Waals surface area contributed by atoms with Crippen LogP contribution in [0.4, 0.5) is 26.3 Å². The van der Waals surface area contributed by atoms with E-state index in [2.05, 4.69) is 0 Å². The molecule has 0 aliphatic heterocycles. The third kappa shape index (κ3) is 4.91. The number of rotatable bonds is 4. The standard InChI is InChI=1S/C14H17F6N/c1-8(2)3-6-12(21)10-5-4-9(13(15,16)17)7-11(10)14(18,19)20/h4-5,7-8,12H,3,6,21H2,1-2H3/t12-/m0/s1. The van der Waals surface area contributed by atoms with Crippen LogP contribution in [0.1, 0.15) is 49.4 Å². The van der Waals surface area contributed by atoms with Crippen molar-refractivity contribution in [3.05, 3.63) is 34.9 Å². The van der Waals surface area contributed by atoms with Crippen molar-refractivity contribution in [3.63, 3.8) is 0 Å². The summed E-state index contributed by atoms with van der Waals surface area (Å²) in [6, 6.07) is 0.660. The van der Waals surface area contributed by atoms with Gasteiger partial charge in [0.05, 0.1) is 11.1 Å². The van der Waals surface area contributed by atoms with Crippen molar-refractivity contribution in [2.24, 2.45) is 11.7 Å². The Hall–Kier alpha value is -1.24. The topological polar surface area (TPSA) is 26.0 Å². The average Bonchev–Trinajstić information content (AvgIpc) is 2.33. The minimum Gasteiger partial charge on any atom is -0.324 e. The van der Waals surface area contributed by atoms with Gasteiger partial charge in [0.15, 0.2) is 0 Å². The molecule has 0 saturated heterocycles. The minimum absolute atomic E-state index is 0.130. The van der Waals surface area contributed by atoms with Gasteiger partial charge in [-0.15, -0.1) is 0 Å². The van der Waals surface area contributed by atoms with Crippen molar-refractivity contribution in [2.75, 3.05) is 0 Å². The molecule has 1 aromatic carbocycles. The van der Waals surface area contributed by atoms with Crippen LogP contribution in [0, 0.1) is 5.92 Å². The predicted molar refractivity (Wildman–Crippen MR) is 67.4 cm³/mol. The first-order valence-electron chi connectivity index (χ1n) is 6.47. The molecule has 1 nitrogen and oxygen atoms in total. The fourth-order valence-electron chi connectivity index (χ4n) is 1.97. The molecule has 0 radical (unpaired) electrons. The van der Waals surface area contributed by atoms with Crippen LogP contribution in [0.5, 0.6) is 0 Å². The van der Waals surface area contributed by atoms with Crippen LogP contribution in [0.3, 0.4) is 0 Å². The van der Waals surface area contributed by atoms with E-state index in [1.807, 2.05) is 13.8 Å². The molecular formula is C14H17F6N. The zero-order chi connectivity index (χ0) is 16.4. The second-order valence-electron chi connectivity index (χ2n) is 5.38. The molecule has 21 heavy (non-hydrogen) atoms. The number of hydrogen-bond acceptors (Lipinski definition) is 1. The summed E-state index contributed by atoms with van der Waals surface area (Å²) in [5, 5.41) is 0. The lowest BCUT2D eigenvalue weighted by atomic mass is 9.93. The Kier molecular flexibility index (Phi) is 5.30. The number of alkyl halides is 6. The summed E-state index contributed by atoms with van der Waals surface area (Å²) in [6.07, 6.45) is -8.81. The second kappa shape index (κ2) is 6.25. The Bertz CT molecular complexity index is 475. The van der Waals surface area contributed by atoms with Gasteiger partial charge in [-0.25, -0.2) is 0 Å². The van der Waals surface area contributed by atoms with Crippen LogP contribution in [0.15, 0.2) is 18.2 Å². The molecule has 0 saturated carbocycles. The number of benzene rings is 1. The molecule has 2 N–H and O–H groups in total. The molecule has 120 valence electrons. The summed E-state index contributed by atoms with van der Waals surface area (Å²) < 4.78 is 76.5. The van der Waals surface area contributed by atoms with Crippen LogP contribution < -0.4 is 5.73 Å². The van der Waals surface area contributed by atoms with E-state index in [-0.39, 0.29) is 24.0 Å². The molecule has 1 atom stereocenters. The molecular weight excluding hydrogens is 296 g/mol. The highest BCUT2D eigenvalue weighted by molar-refractivity contribution is 5.37. The first kappa shape index (κ1) is 17.8. The van der Waals surface area contributed by atoms with Crippen molar-refractivity contribution in [1.29, 1.82) is 0 Å². The molecule has 1 rings (SSSR count). The summed E-state index contributed by atoms with van der Waals surface area (Å²) in [4.78, 5) is 0. The number of halogens is 6. The van der Waals surface area contributed by atoms with E-state index in [0.29, 0.717) is 12.5 Å². The first-order chi connectivity index (χ1) is 9.43.